The van der Waals surface area contributed by atoms with Gasteiger partial charge in [0.05, 0.1) is 25.1 Å². The topological polar surface area (TPSA) is 54.5 Å². The van der Waals surface area contributed by atoms with E-state index in [-0.39, 0.29) is 18.4 Å². The van der Waals surface area contributed by atoms with Crippen LogP contribution in [0.2, 0.25) is 0 Å². The van der Waals surface area contributed by atoms with Crippen molar-refractivity contribution in [1.29, 1.82) is 0 Å². The molecule has 4 aromatic rings. The van der Waals surface area contributed by atoms with Gasteiger partial charge in [0, 0.05) is 17.6 Å². The second-order valence-corrected chi connectivity index (χ2v) is 8.67. The molecular formula is C29H31N3O2. The number of fused-ring (bicyclic) bond motifs is 1. The number of nitrogens with one attached hydrogen (secondary N) is 1. The zero-order valence-electron chi connectivity index (χ0n) is 20.2. The van der Waals surface area contributed by atoms with Crippen molar-refractivity contribution in [1.82, 2.24) is 15.2 Å². The molecule has 0 saturated heterocycles. The van der Waals surface area contributed by atoms with Crippen LogP contribution in [-0.4, -0.2) is 43.5 Å². The number of ether oxygens (including phenoxy) is 1. The molecule has 0 aliphatic carbocycles. The van der Waals surface area contributed by atoms with Crippen LogP contribution in [0.5, 0.6) is 5.75 Å². The molecule has 3 aromatic carbocycles. The number of para-hydroxylation sites is 1. The maximum absolute atomic E-state index is 13.2. The number of hydrogen-bond donors (Lipinski definition) is 1. The monoisotopic (exact) mass is 453 g/mol. The largest absolute Gasteiger partial charge is 0.497 e. The van der Waals surface area contributed by atoms with Gasteiger partial charge in [0.1, 0.15) is 5.75 Å². The van der Waals surface area contributed by atoms with Gasteiger partial charge >= 0.3 is 0 Å². The number of hydrogen-bond acceptors (Lipinski definition) is 4. The average Bonchev–Trinajstić information content (AvgIpc) is 2.85. The van der Waals surface area contributed by atoms with Gasteiger partial charge in [-0.05, 0) is 61.5 Å². The number of nitrogens with zero attached hydrogens (tertiary/aromatic N) is 2. The van der Waals surface area contributed by atoms with Crippen LogP contribution in [0.15, 0.2) is 78.9 Å². The van der Waals surface area contributed by atoms with E-state index in [1.165, 1.54) is 0 Å². The Labute approximate surface area is 201 Å². The number of likely N-dealkylation sites (N-methyl/N-ethyl adjacent to an activating group) is 1. The van der Waals surface area contributed by atoms with Gasteiger partial charge in [0.25, 0.3) is 0 Å². The Bertz CT molecular complexity index is 1290. The highest BCUT2D eigenvalue weighted by atomic mass is 16.5. The summed E-state index contributed by atoms with van der Waals surface area (Å²) in [5.74, 6) is 0.785. The molecule has 1 atom stereocenters. The number of benzene rings is 3. The minimum absolute atomic E-state index is 0.0212. The number of amides is 1. The van der Waals surface area contributed by atoms with E-state index in [1.54, 1.807) is 7.11 Å². The van der Waals surface area contributed by atoms with Crippen LogP contribution in [0.25, 0.3) is 22.0 Å². The molecule has 1 N–H and O–H groups in total. The summed E-state index contributed by atoms with van der Waals surface area (Å²) in [6.45, 7) is 2.49. The molecule has 5 heteroatoms. The lowest BCUT2D eigenvalue weighted by molar-refractivity contribution is -0.120. The molecule has 0 aliphatic heterocycles. The standard InChI is InChI=1S/C29H31N3O2/c1-20-25(29(21-11-6-5-7-12-21)24-15-8-9-16-26(24)31-20)18-28(33)30-19-27(32(2)3)22-13-10-14-23(17-22)34-4/h5-17,27H,18-19H2,1-4H3,(H,30,33). The Morgan fingerprint density at radius 1 is 1.00 bits per heavy atom. The highest BCUT2D eigenvalue weighted by Gasteiger charge is 2.19. The summed E-state index contributed by atoms with van der Waals surface area (Å²) in [7, 11) is 5.69. The van der Waals surface area contributed by atoms with Crippen LogP contribution in [-0.2, 0) is 11.2 Å². The summed E-state index contributed by atoms with van der Waals surface area (Å²) < 4.78 is 5.38. The first-order valence-corrected chi connectivity index (χ1v) is 11.5. The highest BCUT2D eigenvalue weighted by molar-refractivity contribution is 5.98. The second-order valence-electron chi connectivity index (χ2n) is 8.67. The molecule has 1 amide bonds. The van der Waals surface area contributed by atoms with E-state index >= 15 is 0 Å². The van der Waals surface area contributed by atoms with E-state index in [9.17, 15) is 4.79 Å². The molecule has 1 heterocycles. The minimum atomic E-state index is -0.0212. The fourth-order valence-electron chi connectivity index (χ4n) is 4.41. The summed E-state index contributed by atoms with van der Waals surface area (Å²) >= 11 is 0. The Balaban J connectivity index is 1.61. The molecule has 0 radical (unpaired) electrons. The summed E-state index contributed by atoms with van der Waals surface area (Å²) in [5.41, 5.74) is 6.05. The van der Waals surface area contributed by atoms with Gasteiger partial charge in [-0.1, -0.05) is 60.7 Å². The van der Waals surface area contributed by atoms with Crippen molar-refractivity contribution in [2.45, 2.75) is 19.4 Å². The Morgan fingerprint density at radius 3 is 2.47 bits per heavy atom. The van der Waals surface area contributed by atoms with Crippen molar-refractivity contribution in [2.24, 2.45) is 0 Å². The first-order chi connectivity index (χ1) is 16.5. The van der Waals surface area contributed by atoms with E-state index in [1.807, 2.05) is 75.6 Å². The summed E-state index contributed by atoms with van der Waals surface area (Å²) in [5, 5.41) is 4.21. The minimum Gasteiger partial charge on any atom is -0.497 e. The lowest BCUT2D eigenvalue weighted by Gasteiger charge is -2.25. The number of carbonyl (C=O) groups is 1. The number of aryl methyl sites for hydroxylation is 1. The summed E-state index contributed by atoms with van der Waals surface area (Å²) in [4.78, 5) is 20.1. The van der Waals surface area contributed by atoms with Gasteiger partial charge in [-0.3, -0.25) is 9.78 Å². The predicted molar refractivity (Wildman–Crippen MR) is 138 cm³/mol. The van der Waals surface area contributed by atoms with Crippen LogP contribution in [0.4, 0.5) is 0 Å². The smallest absolute Gasteiger partial charge is 0.224 e. The van der Waals surface area contributed by atoms with Crippen molar-refractivity contribution in [3.8, 4) is 16.9 Å². The molecule has 0 spiro atoms. The number of carbonyl (C=O) groups excluding carboxylic acids is 1. The van der Waals surface area contributed by atoms with E-state index in [0.717, 1.165) is 44.6 Å². The molecule has 0 aliphatic rings. The fraction of sp³-hybridized carbons (Fsp3) is 0.241. The van der Waals surface area contributed by atoms with E-state index in [2.05, 4.69) is 34.5 Å². The van der Waals surface area contributed by atoms with E-state index in [4.69, 9.17) is 9.72 Å². The third-order valence-electron chi connectivity index (χ3n) is 6.19. The first kappa shape index (κ1) is 23.5. The van der Waals surface area contributed by atoms with E-state index in [0.29, 0.717) is 6.54 Å². The second kappa shape index (κ2) is 10.5. The Hall–Kier alpha value is -3.70. The van der Waals surface area contributed by atoms with Gasteiger partial charge < -0.3 is 15.0 Å². The average molecular weight is 454 g/mol. The van der Waals surface area contributed by atoms with Gasteiger partial charge in [-0.2, -0.15) is 0 Å². The summed E-state index contributed by atoms with van der Waals surface area (Å²) in [6.07, 6.45) is 0.270. The molecule has 4 rings (SSSR count). The Kier molecular flexibility index (Phi) is 7.24. The van der Waals surface area contributed by atoms with Gasteiger partial charge in [0.15, 0.2) is 0 Å². The van der Waals surface area contributed by atoms with Crippen LogP contribution < -0.4 is 10.1 Å². The molecule has 34 heavy (non-hydrogen) atoms. The SMILES string of the molecule is COc1cccc(C(CNC(=O)Cc2c(C)nc3ccccc3c2-c2ccccc2)N(C)C)c1. The quantitative estimate of drug-likeness (QED) is 0.399. The number of rotatable bonds is 8. The van der Waals surface area contributed by atoms with Crippen molar-refractivity contribution in [3.63, 3.8) is 0 Å². The number of pyridine rings is 1. The van der Waals surface area contributed by atoms with Crippen molar-refractivity contribution in [3.05, 3.63) is 95.7 Å². The van der Waals surface area contributed by atoms with Crippen LogP contribution in [0.3, 0.4) is 0 Å². The lowest BCUT2D eigenvalue weighted by atomic mass is 9.92. The first-order valence-electron chi connectivity index (χ1n) is 11.5. The molecule has 1 aromatic heterocycles. The third kappa shape index (κ3) is 5.10. The zero-order chi connectivity index (χ0) is 24.1. The molecule has 5 nitrogen and oxygen atoms in total. The van der Waals surface area contributed by atoms with Gasteiger partial charge in [-0.15, -0.1) is 0 Å². The fourth-order valence-corrected chi connectivity index (χ4v) is 4.41. The van der Waals surface area contributed by atoms with Crippen LogP contribution in [0, 0.1) is 6.92 Å². The molecule has 0 bridgehead atoms. The van der Waals surface area contributed by atoms with Crippen molar-refractivity contribution < 1.29 is 9.53 Å². The maximum atomic E-state index is 13.2. The van der Waals surface area contributed by atoms with Crippen LogP contribution in [0.1, 0.15) is 22.9 Å². The highest BCUT2D eigenvalue weighted by Crippen LogP contribution is 2.33. The maximum Gasteiger partial charge on any atom is 0.224 e. The molecule has 0 fully saturated rings. The van der Waals surface area contributed by atoms with Gasteiger partial charge in [0.2, 0.25) is 5.91 Å². The lowest BCUT2D eigenvalue weighted by Crippen LogP contribution is -2.35. The summed E-state index contributed by atoms with van der Waals surface area (Å²) in [6, 6.07) is 26.4. The van der Waals surface area contributed by atoms with Crippen molar-refractivity contribution in [2.75, 3.05) is 27.7 Å². The molecule has 0 saturated carbocycles. The molecule has 1 unspecified atom stereocenters. The third-order valence-corrected chi connectivity index (χ3v) is 6.19. The van der Waals surface area contributed by atoms with Gasteiger partial charge in [-0.25, -0.2) is 0 Å². The van der Waals surface area contributed by atoms with Crippen molar-refractivity contribution >= 4 is 16.8 Å². The van der Waals surface area contributed by atoms with E-state index < -0.39 is 0 Å². The van der Waals surface area contributed by atoms with Crippen LogP contribution >= 0.6 is 0 Å². The number of methoxy groups -OCH3 is 1. The normalized spacial score (nSPS) is 12.0. The number of aromatic nitrogens is 1. The molecule has 174 valence electrons. The Morgan fingerprint density at radius 2 is 1.74 bits per heavy atom. The zero-order valence-corrected chi connectivity index (χ0v) is 20.2. The molecular weight excluding hydrogens is 422 g/mol. The predicted octanol–water partition coefficient (Wildman–Crippen LogP) is 5.18.